The van der Waals surface area contributed by atoms with Crippen LogP contribution in [0.5, 0.6) is 5.75 Å². The standard InChI is InChI=1S/C23H31ClN6O2S/c1-7-17(8-2)30-20(13-32-19-12-10-9-11-18(19)24)26-27-23(30)33-16(5)22(31)25-21-14(3)28-29(6)15(21)4/h9-12,16-17H,7-8,13H2,1-6H3,(H,25,31). The van der Waals surface area contributed by atoms with Gasteiger partial charge < -0.3 is 14.6 Å². The molecule has 0 radical (unpaired) electrons. The number of aryl methyl sites for hydroxylation is 2. The summed E-state index contributed by atoms with van der Waals surface area (Å²) in [5, 5.41) is 17.0. The van der Waals surface area contributed by atoms with Gasteiger partial charge in [0.05, 0.1) is 27.3 Å². The molecule has 0 saturated heterocycles. The van der Waals surface area contributed by atoms with E-state index in [1.54, 1.807) is 10.7 Å². The molecular weight excluding hydrogens is 460 g/mol. The Balaban J connectivity index is 1.78. The lowest BCUT2D eigenvalue weighted by Crippen LogP contribution is -2.24. The van der Waals surface area contributed by atoms with E-state index in [0.717, 1.165) is 29.9 Å². The Morgan fingerprint density at radius 1 is 1.21 bits per heavy atom. The number of anilines is 1. The van der Waals surface area contributed by atoms with Gasteiger partial charge in [-0.1, -0.05) is 49.3 Å². The van der Waals surface area contributed by atoms with Crippen molar-refractivity contribution >= 4 is 35.0 Å². The van der Waals surface area contributed by atoms with Gasteiger partial charge in [0.1, 0.15) is 12.4 Å². The molecular formula is C23H31ClN6O2S. The van der Waals surface area contributed by atoms with Crippen LogP contribution in [0.2, 0.25) is 5.02 Å². The number of nitrogens with zero attached hydrogens (tertiary/aromatic N) is 5. The number of rotatable bonds is 10. The Morgan fingerprint density at radius 2 is 1.91 bits per heavy atom. The molecule has 0 aliphatic carbocycles. The monoisotopic (exact) mass is 490 g/mol. The van der Waals surface area contributed by atoms with Gasteiger partial charge in [-0.05, 0) is 45.7 Å². The number of ether oxygens (including phenoxy) is 1. The van der Waals surface area contributed by atoms with E-state index in [2.05, 4.69) is 39.0 Å². The molecule has 2 aromatic heterocycles. The first kappa shape index (κ1) is 25.1. The third-order valence-corrected chi connectivity index (χ3v) is 7.01. The normalized spacial score (nSPS) is 12.2. The van der Waals surface area contributed by atoms with Crippen molar-refractivity contribution in [2.24, 2.45) is 7.05 Å². The Hall–Kier alpha value is -2.52. The number of hydrogen-bond acceptors (Lipinski definition) is 6. The Kier molecular flexibility index (Phi) is 8.42. The van der Waals surface area contributed by atoms with E-state index in [-0.39, 0.29) is 23.8 Å². The molecule has 0 fully saturated rings. The molecule has 1 amide bonds. The van der Waals surface area contributed by atoms with Gasteiger partial charge in [-0.25, -0.2) is 0 Å². The summed E-state index contributed by atoms with van der Waals surface area (Å²) < 4.78 is 9.77. The van der Waals surface area contributed by atoms with Crippen LogP contribution < -0.4 is 10.1 Å². The smallest absolute Gasteiger partial charge is 0.237 e. The van der Waals surface area contributed by atoms with E-state index >= 15 is 0 Å². The number of aromatic nitrogens is 5. The van der Waals surface area contributed by atoms with E-state index < -0.39 is 0 Å². The number of benzene rings is 1. The zero-order valence-electron chi connectivity index (χ0n) is 19.9. The highest BCUT2D eigenvalue weighted by Crippen LogP contribution is 2.31. The fourth-order valence-electron chi connectivity index (χ4n) is 3.60. The number of hydrogen-bond donors (Lipinski definition) is 1. The van der Waals surface area contributed by atoms with Crippen molar-refractivity contribution in [3.8, 4) is 5.75 Å². The quantitative estimate of drug-likeness (QED) is 0.386. The first-order valence-corrected chi connectivity index (χ1v) is 12.3. The summed E-state index contributed by atoms with van der Waals surface area (Å²) in [6, 6.07) is 7.54. The third-order valence-electron chi connectivity index (χ3n) is 5.64. The second kappa shape index (κ2) is 11.1. The molecule has 8 nitrogen and oxygen atoms in total. The van der Waals surface area contributed by atoms with Gasteiger partial charge in [0.25, 0.3) is 0 Å². The second-order valence-corrected chi connectivity index (χ2v) is 9.59. The van der Waals surface area contributed by atoms with Gasteiger partial charge in [0.2, 0.25) is 5.91 Å². The van der Waals surface area contributed by atoms with Gasteiger partial charge in [-0.15, -0.1) is 10.2 Å². The third kappa shape index (κ3) is 5.70. The van der Waals surface area contributed by atoms with Crippen LogP contribution in [0.1, 0.15) is 56.9 Å². The van der Waals surface area contributed by atoms with E-state index in [0.29, 0.717) is 21.8 Å². The van der Waals surface area contributed by atoms with Crippen molar-refractivity contribution < 1.29 is 9.53 Å². The summed E-state index contributed by atoms with van der Waals surface area (Å²) >= 11 is 7.61. The first-order valence-electron chi connectivity index (χ1n) is 11.1. The number of carbonyl (C=O) groups is 1. The maximum atomic E-state index is 12.9. The number of thioether (sulfide) groups is 1. The topological polar surface area (TPSA) is 86.9 Å². The summed E-state index contributed by atoms with van der Waals surface area (Å²) in [5.74, 6) is 1.20. The minimum absolute atomic E-state index is 0.104. The van der Waals surface area contributed by atoms with Crippen molar-refractivity contribution in [1.29, 1.82) is 0 Å². The molecule has 178 valence electrons. The zero-order chi connectivity index (χ0) is 24.1. The van der Waals surface area contributed by atoms with Crippen molar-refractivity contribution in [1.82, 2.24) is 24.5 Å². The molecule has 0 spiro atoms. The van der Waals surface area contributed by atoms with Crippen LogP contribution in [-0.4, -0.2) is 35.7 Å². The molecule has 10 heteroatoms. The maximum absolute atomic E-state index is 12.9. The fourth-order valence-corrected chi connectivity index (χ4v) is 4.73. The fraction of sp³-hybridized carbons (Fsp3) is 0.478. The molecule has 0 bridgehead atoms. The minimum atomic E-state index is -0.376. The van der Waals surface area contributed by atoms with Crippen LogP contribution >= 0.6 is 23.4 Å². The number of carbonyl (C=O) groups excluding carboxylic acids is 1. The highest BCUT2D eigenvalue weighted by atomic mass is 35.5. The number of halogens is 1. The molecule has 33 heavy (non-hydrogen) atoms. The summed E-state index contributed by atoms with van der Waals surface area (Å²) in [6.07, 6.45) is 1.83. The number of amides is 1. The molecule has 3 rings (SSSR count). The molecule has 1 aromatic carbocycles. The highest BCUT2D eigenvalue weighted by Gasteiger charge is 2.25. The molecule has 1 N–H and O–H groups in total. The number of nitrogens with one attached hydrogen (secondary N) is 1. The minimum Gasteiger partial charge on any atom is -0.484 e. The van der Waals surface area contributed by atoms with E-state index in [1.165, 1.54) is 11.8 Å². The summed E-state index contributed by atoms with van der Waals surface area (Å²) in [5.41, 5.74) is 2.46. The molecule has 1 atom stereocenters. The van der Waals surface area contributed by atoms with Crippen LogP contribution in [0.15, 0.2) is 29.4 Å². The van der Waals surface area contributed by atoms with Crippen LogP contribution in [0.25, 0.3) is 0 Å². The lowest BCUT2D eigenvalue weighted by atomic mass is 10.2. The van der Waals surface area contributed by atoms with Gasteiger partial charge in [0.15, 0.2) is 11.0 Å². The Morgan fingerprint density at radius 3 is 2.52 bits per heavy atom. The van der Waals surface area contributed by atoms with Crippen LogP contribution in [-0.2, 0) is 18.4 Å². The Bertz CT molecular complexity index is 1110. The molecule has 3 aromatic rings. The largest absolute Gasteiger partial charge is 0.484 e. The molecule has 1 unspecified atom stereocenters. The summed E-state index contributed by atoms with van der Waals surface area (Å²) in [6.45, 7) is 10.2. The van der Waals surface area contributed by atoms with E-state index in [4.69, 9.17) is 16.3 Å². The van der Waals surface area contributed by atoms with Crippen LogP contribution in [0.3, 0.4) is 0 Å². The van der Waals surface area contributed by atoms with Crippen molar-refractivity contribution in [3.05, 3.63) is 46.5 Å². The van der Waals surface area contributed by atoms with E-state index in [9.17, 15) is 4.79 Å². The van der Waals surface area contributed by atoms with Crippen molar-refractivity contribution in [3.63, 3.8) is 0 Å². The van der Waals surface area contributed by atoms with Crippen LogP contribution in [0, 0.1) is 13.8 Å². The van der Waals surface area contributed by atoms with Gasteiger partial charge in [0, 0.05) is 13.1 Å². The van der Waals surface area contributed by atoms with Crippen LogP contribution in [0.4, 0.5) is 5.69 Å². The van der Waals surface area contributed by atoms with Gasteiger partial charge in [-0.3, -0.25) is 9.48 Å². The van der Waals surface area contributed by atoms with E-state index in [1.807, 2.05) is 46.0 Å². The molecule has 0 aliphatic rings. The predicted molar refractivity (Wildman–Crippen MR) is 132 cm³/mol. The lowest BCUT2D eigenvalue weighted by molar-refractivity contribution is -0.115. The molecule has 0 aliphatic heterocycles. The van der Waals surface area contributed by atoms with Crippen molar-refractivity contribution in [2.75, 3.05) is 5.32 Å². The molecule has 2 heterocycles. The second-order valence-electron chi connectivity index (χ2n) is 7.88. The number of para-hydroxylation sites is 1. The Labute approximate surface area is 204 Å². The average molecular weight is 491 g/mol. The first-order chi connectivity index (χ1) is 15.8. The SMILES string of the molecule is CCC(CC)n1c(COc2ccccc2Cl)nnc1SC(C)C(=O)Nc1c(C)nn(C)c1C. The lowest BCUT2D eigenvalue weighted by Gasteiger charge is -2.20. The highest BCUT2D eigenvalue weighted by molar-refractivity contribution is 8.00. The van der Waals surface area contributed by atoms with Gasteiger partial charge in [-0.2, -0.15) is 5.10 Å². The predicted octanol–water partition coefficient (Wildman–Crippen LogP) is 5.34. The summed E-state index contributed by atoms with van der Waals surface area (Å²) in [4.78, 5) is 12.9. The molecule has 0 saturated carbocycles. The van der Waals surface area contributed by atoms with Gasteiger partial charge >= 0.3 is 0 Å². The summed E-state index contributed by atoms with van der Waals surface area (Å²) in [7, 11) is 1.86. The van der Waals surface area contributed by atoms with Crippen molar-refractivity contribution in [2.45, 2.75) is 70.5 Å². The average Bonchev–Trinajstić information content (AvgIpc) is 3.29. The maximum Gasteiger partial charge on any atom is 0.237 e. The zero-order valence-corrected chi connectivity index (χ0v) is 21.5.